The standard InChI is InChI=1S/C20H13F2N5O3/c1-11-5-6-12-3-2-4-16(17(12)25-11)30-20-18(27(28)29)19(23-10-24-20)26-15-9-13(21)7-8-14(15)22/h2-10H,1H3,(H,23,24,26). The van der Waals surface area contributed by atoms with Crippen LogP contribution in [0, 0.1) is 28.7 Å². The number of aryl methyl sites for hydroxylation is 1. The number of rotatable bonds is 5. The van der Waals surface area contributed by atoms with Crippen LogP contribution in [0.1, 0.15) is 5.69 Å². The molecule has 0 aliphatic carbocycles. The molecule has 0 unspecified atom stereocenters. The summed E-state index contributed by atoms with van der Waals surface area (Å²) in [7, 11) is 0. The molecule has 0 bridgehead atoms. The number of nitrogens with zero attached hydrogens (tertiary/aromatic N) is 4. The third-order valence-electron chi connectivity index (χ3n) is 4.18. The molecule has 0 radical (unpaired) electrons. The van der Waals surface area contributed by atoms with Crippen LogP contribution in [0.4, 0.5) is 26.0 Å². The summed E-state index contributed by atoms with van der Waals surface area (Å²) in [5.74, 6) is -1.99. The quantitative estimate of drug-likeness (QED) is 0.363. The van der Waals surface area contributed by atoms with Crippen LogP contribution in [0.15, 0.2) is 54.9 Å². The minimum absolute atomic E-state index is 0.251. The molecular weight excluding hydrogens is 396 g/mol. The van der Waals surface area contributed by atoms with E-state index < -0.39 is 22.2 Å². The summed E-state index contributed by atoms with van der Waals surface area (Å²) in [4.78, 5) is 23.0. The van der Waals surface area contributed by atoms with Gasteiger partial charge in [-0.2, -0.15) is 4.98 Å². The van der Waals surface area contributed by atoms with Crippen LogP contribution in [0.5, 0.6) is 11.6 Å². The number of para-hydroxylation sites is 1. The molecule has 0 fully saturated rings. The van der Waals surface area contributed by atoms with Gasteiger partial charge in [0.15, 0.2) is 5.75 Å². The van der Waals surface area contributed by atoms with Gasteiger partial charge in [0.25, 0.3) is 0 Å². The molecule has 8 nitrogen and oxygen atoms in total. The molecule has 0 spiro atoms. The second-order valence-electron chi connectivity index (χ2n) is 6.26. The Kier molecular flexibility index (Phi) is 4.88. The van der Waals surface area contributed by atoms with Gasteiger partial charge in [-0.25, -0.2) is 18.7 Å². The highest BCUT2D eigenvalue weighted by Gasteiger charge is 2.26. The fourth-order valence-corrected chi connectivity index (χ4v) is 2.82. The maximum Gasteiger partial charge on any atom is 0.373 e. The van der Waals surface area contributed by atoms with Crippen molar-refractivity contribution in [2.75, 3.05) is 5.32 Å². The van der Waals surface area contributed by atoms with E-state index >= 15 is 0 Å². The number of ether oxygens (including phenoxy) is 1. The van der Waals surface area contributed by atoms with Gasteiger partial charge in [0.1, 0.15) is 23.5 Å². The van der Waals surface area contributed by atoms with E-state index in [1.54, 1.807) is 19.1 Å². The number of halogens is 2. The van der Waals surface area contributed by atoms with Crippen LogP contribution >= 0.6 is 0 Å². The number of aromatic nitrogens is 3. The lowest BCUT2D eigenvalue weighted by atomic mass is 10.2. The molecule has 4 rings (SSSR count). The van der Waals surface area contributed by atoms with E-state index in [0.29, 0.717) is 5.52 Å². The summed E-state index contributed by atoms with van der Waals surface area (Å²) in [5.41, 5.74) is 0.284. The van der Waals surface area contributed by atoms with Crippen LogP contribution in [-0.4, -0.2) is 19.9 Å². The first-order valence-corrected chi connectivity index (χ1v) is 8.68. The van der Waals surface area contributed by atoms with Crippen molar-refractivity contribution in [3.8, 4) is 11.6 Å². The number of hydrogen-bond acceptors (Lipinski definition) is 7. The summed E-state index contributed by atoms with van der Waals surface area (Å²) in [5, 5.41) is 14.9. The highest BCUT2D eigenvalue weighted by Crippen LogP contribution is 2.37. The Balaban J connectivity index is 1.78. The van der Waals surface area contributed by atoms with Gasteiger partial charge in [-0.05, 0) is 31.2 Å². The second-order valence-corrected chi connectivity index (χ2v) is 6.26. The Morgan fingerprint density at radius 3 is 2.73 bits per heavy atom. The van der Waals surface area contributed by atoms with Crippen molar-refractivity contribution in [3.05, 3.63) is 82.3 Å². The van der Waals surface area contributed by atoms with Crippen LogP contribution < -0.4 is 10.1 Å². The molecule has 4 aromatic rings. The smallest absolute Gasteiger partial charge is 0.373 e. The van der Waals surface area contributed by atoms with Crippen molar-refractivity contribution < 1.29 is 18.4 Å². The Morgan fingerprint density at radius 2 is 1.93 bits per heavy atom. The largest absolute Gasteiger partial charge is 0.431 e. The highest BCUT2D eigenvalue weighted by molar-refractivity contribution is 5.85. The number of anilines is 2. The van der Waals surface area contributed by atoms with Gasteiger partial charge in [0, 0.05) is 17.1 Å². The molecule has 0 amide bonds. The lowest BCUT2D eigenvalue weighted by molar-refractivity contribution is -0.385. The van der Waals surface area contributed by atoms with E-state index in [2.05, 4.69) is 20.3 Å². The Labute approximate surface area is 168 Å². The summed E-state index contributed by atoms with van der Waals surface area (Å²) >= 11 is 0. The summed E-state index contributed by atoms with van der Waals surface area (Å²) < 4.78 is 33.1. The highest BCUT2D eigenvalue weighted by atomic mass is 19.1. The zero-order chi connectivity index (χ0) is 21.3. The van der Waals surface area contributed by atoms with E-state index in [1.807, 2.05) is 18.2 Å². The predicted octanol–water partition coefficient (Wildman–Crippen LogP) is 5.06. The first-order valence-electron chi connectivity index (χ1n) is 8.68. The van der Waals surface area contributed by atoms with E-state index in [-0.39, 0.29) is 23.1 Å². The molecule has 0 aliphatic rings. The normalized spacial score (nSPS) is 10.8. The molecule has 2 aromatic heterocycles. The van der Waals surface area contributed by atoms with Crippen molar-refractivity contribution in [2.45, 2.75) is 6.92 Å². The van der Waals surface area contributed by atoms with Crippen LogP contribution in [0.3, 0.4) is 0 Å². The molecule has 0 saturated heterocycles. The van der Waals surface area contributed by atoms with Gasteiger partial charge < -0.3 is 10.1 Å². The van der Waals surface area contributed by atoms with Crippen molar-refractivity contribution in [2.24, 2.45) is 0 Å². The molecule has 0 saturated carbocycles. The molecule has 30 heavy (non-hydrogen) atoms. The first-order chi connectivity index (χ1) is 14.4. The number of nitrogens with one attached hydrogen (secondary N) is 1. The van der Waals surface area contributed by atoms with E-state index in [1.165, 1.54) is 0 Å². The molecule has 150 valence electrons. The lowest BCUT2D eigenvalue weighted by Gasteiger charge is -2.11. The number of nitro groups is 1. The fraction of sp³-hybridized carbons (Fsp3) is 0.0500. The first kappa shape index (κ1) is 19.1. The van der Waals surface area contributed by atoms with Gasteiger partial charge in [0.05, 0.1) is 10.6 Å². The topological polar surface area (TPSA) is 103 Å². The zero-order valence-corrected chi connectivity index (χ0v) is 15.5. The predicted molar refractivity (Wildman–Crippen MR) is 105 cm³/mol. The lowest BCUT2D eigenvalue weighted by Crippen LogP contribution is -2.05. The van der Waals surface area contributed by atoms with Crippen molar-refractivity contribution in [3.63, 3.8) is 0 Å². The number of benzene rings is 2. The van der Waals surface area contributed by atoms with Gasteiger partial charge in [-0.15, -0.1) is 0 Å². The minimum Gasteiger partial charge on any atom is -0.431 e. The Bertz CT molecular complexity index is 1280. The molecule has 0 aliphatic heterocycles. The molecule has 0 atom stereocenters. The number of fused-ring (bicyclic) bond motifs is 1. The monoisotopic (exact) mass is 409 g/mol. The molecule has 10 heteroatoms. The SMILES string of the molecule is Cc1ccc2cccc(Oc3ncnc(Nc4cc(F)ccc4F)c3[N+](=O)[O-])c2n1. The van der Waals surface area contributed by atoms with Crippen molar-refractivity contribution >= 4 is 28.1 Å². The van der Waals surface area contributed by atoms with Crippen LogP contribution in [0.2, 0.25) is 0 Å². The summed E-state index contributed by atoms with van der Waals surface area (Å²) in [6.07, 6.45) is 1.02. The van der Waals surface area contributed by atoms with Gasteiger partial charge in [-0.1, -0.05) is 18.2 Å². The minimum atomic E-state index is -0.805. The Morgan fingerprint density at radius 1 is 1.10 bits per heavy atom. The van der Waals surface area contributed by atoms with Crippen LogP contribution in [0.25, 0.3) is 10.9 Å². The van der Waals surface area contributed by atoms with Gasteiger partial charge in [-0.3, -0.25) is 10.1 Å². The van der Waals surface area contributed by atoms with Gasteiger partial charge in [0.2, 0.25) is 5.82 Å². The van der Waals surface area contributed by atoms with Crippen molar-refractivity contribution in [1.29, 1.82) is 0 Å². The van der Waals surface area contributed by atoms with Crippen molar-refractivity contribution in [1.82, 2.24) is 15.0 Å². The number of hydrogen-bond donors (Lipinski definition) is 1. The number of pyridine rings is 1. The van der Waals surface area contributed by atoms with E-state index in [4.69, 9.17) is 4.74 Å². The summed E-state index contributed by atoms with van der Waals surface area (Å²) in [6, 6.07) is 11.5. The maximum atomic E-state index is 14.0. The molecule has 2 heterocycles. The van der Waals surface area contributed by atoms with E-state index in [9.17, 15) is 18.9 Å². The summed E-state index contributed by atoms with van der Waals surface area (Å²) in [6.45, 7) is 1.80. The van der Waals surface area contributed by atoms with Crippen LogP contribution in [-0.2, 0) is 0 Å². The van der Waals surface area contributed by atoms with Gasteiger partial charge >= 0.3 is 11.6 Å². The molecule has 2 aromatic carbocycles. The molecular formula is C20H13F2N5O3. The Hall–Kier alpha value is -4.21. The maximum absolute atomic E-state index is 14.0. The average Bonchev–Trinajstić information content (AvgIpc) is 2.71. The second kappa shape index (κ2) is 7.66. The molecule has 1 N–H and O–H groups in total. The average molecular weight is 409 g/mol. The zero-order valence-electron chi connectivity index (χ0n) is 15.5. The van der Waals surface area contributed by atoms with E-state index in [0.717, 1.165) is 35.6 Å². The third kappa shape index (κ3) is 3.70. The fourth-order valence-electron chi connectivity index (χ4n) is 2.82. The third-order valence-corrected chi connectivity index (χ3v) is 4.18.